The predicted octanol–water partition coefficient (Wildman–Crippen LogP) is 0.946. The van der Waals surface area contributed by atoms with Gasteiger partial charge in [-0.2, -0.15) is 0 Å². The molecule has 5 nitrogen and oxygen atoms in total. The monoisotopic (exact) mass is 241 g/mol. The molecular weight excluding hydrogens is 230 g/mol. The maximum absolute atomic E-state index is 11.3. The van der Waals surface area contributed by atoms with E-state index in [2.05, 4.69) is 4.98 Å². The number of nitrogens with zero attached hydrogens (tertiary/aromatic N) is 1. The Morgan fingerprint density at radius 1 is 0.944 bits per heavy atom. The lowest BCUT2D eigenvalue weighted by Gasteiger charge is -2.06. The minimum absolute atomic E-state index is 0.102. The molecule has 0 bridgehead atoms. The van der Waals surface area contributed by atoms with Gasteiger partial charge in [0.05, 0.1) is 16.8 Å². The van der Waals surface area contributed by atoms with Gasteiger partial charge in [0, 0.05) is 11.8 Å². The topological polar surface area (TPSA) is 99.1 Å². The van der Waals surface area contributed by atoms with Crippen LogP contribution in [0.15, 0.2) is 42.6 Å². The first kappa shape index (κ1) is 11.8. The van der Waals surface area contributed by atoms with Gasteiger partial charge in [0.25, 0.3) is 0 Å². The summed E-state index contributed by atoms with van der Waals surface area (Å²) in [7, 11) is 0. The van der Waals surface area contributed by atoms with Crippen LogP contribution in [0.1, 0.15) is 20.7 Å². The Bertz CT molecular complexity index is 609. The van der Waals surface area contributed by atoms with Crippen molar-refractivity contribution in [2.75, 3.05) is 0 Å². The first-order valence-corrected chi connectivity index (χ1v) is 5.24. The molecule has 4 N–H and O–H groups in total. The highest BCUT2D eigenvalue weighted by molar-refractivity contribution is 6.06. The van der Waals surface area contributed by atoms with E-state index >= 15 is 0 Å². The van der Waals surface area contributed by atoms with Gasteiger partial charge >= 0.3 is 0 Å². The Balaban J connectivity index is 2.57. The fourth-order valence-electron chi connectivity index (χ4n) is 1.66. The highest BCUT2D eigenvalue weighted by Gasteiger charge is 2.14. The molecule has 1 aromatic heterocycles. The molecular formula is C13H11N3O2. The zero-order chi connectivity index (χ0) is 13.1. The van der Waals surface area contributed by atoms with E-state index < -0.39 is 11.8 Å². The molecule has 0 spiro atoms. The molecule has 0 saturated heterocycles. The first-order valence-electron chi connectivity index (χ1n) is 5.24. The third kappa shape index (κ3) is 2.20. The summed E-state index contributed by atoms with van der Waals surface area (Å²) in [5, 5.41) is 0. The van der Waals surface area contributed by atoms with Crippen molar-refractivity contribution >= 4 is 11.8 Å². The van der Waals surface area contributed by atoms with E-state index in [4.69, 9.17) is 11.5 Å². The lowest BCUT2D eigenvalue weighted by atomic mass is 10.0. The molecule has 2 rings (SSSR count). The molecule has 0 aliphatic heterocycles. The van der Waals surface area contributed by atoms with E-state index in [0.717, 1.165) is 0 Å². The average Bonchev–Trinajstić information content (AvgIpc) is 2.39. The van der Waals surface area contributed by atoms with Crippen LogP contribution in [0.5, 0.6) is 0 Å². The SMILES string of the molecule is NC(=O)c1ccc(-c2ccccn2)cc1C(N)=O. The van der Waals surface area contributed by atoms with Crippen molar-refractivity contribution < 1.29 is 9.59 Å². The summed E-state index contributed by atoms with van der Waals surface area (Å²) >= 11 is 0. The van der Waals surface area contributed by atoms with E-state index in [1.165, 1.54) is 12.1 Å². The third-order valence-corrected chi connectivity index (χ3v) is 2.51. The molecule has 0 aliphatic rings. The Labute approximate surface area is 103 Å². The molecule has 5 heteroatoms. The van der Waals surface area contributed by atoms with E-state index in [1.807, 2.05) is 6.07 Å². The van der Waals surface area contributed by atoms with Crippen LogP contribution in [0.3, 0.4) is 0 Å². The minimum Gasteiger partial charge on any atom is -0.366 e. The van der Waals surface area contributed by atoms with Gasteiger partial charge in [0.1, 0.15) is 0 Å². The number of carbonyl (C=O) groups excluding carboxylic acids is 2. The molecule has 0 radical (unpaired) electrons. The van der Waals surface area contributed by atoms with Gasteiger partial charge < -0.3 is 11.5 Å². The van der Waals surface area contributed by atoms with Gasteiger partial charge in [-0.05, 0) is 24.3 Å². The fourth-order valence-corrected chi connectivity index (χ4v) is 1.66. The van der Waals surface area contributed by atoms with Crippen molar-refractivity contribution in [1.29, 1.82) is 0 Å². The third-order valence-electron chi connectivity index (χ3n) is 2.51. The van der Waals surface area contributed by atoms with Crippen molar-refractivity contribution in [1.82, 2.24) is 4.98 Å². The number of hydrogen-bond acceptors (Lipinski definition) is 3. The molecule has 2 aromatic rings. The van der Waals surface area contributed by atoms with E-state index in [1.54, 1.807) is 24.4 Å². The number of hydrogen-bond donors (Lipinski definition) is 2. The van der Waals surface area contributed by atoms with Crippen LogP contribution >= 0.6 is 0 Å². The fraction of sp³-hybridized carbons (Fsp3) is 0. The molecule has 90 valence electrons. The number of benzene rings is 1. The quantitative estimate of drug-likeness (QED) is 0.836. The highest BCUT2D eigenvalue weighted by atomic mass is 16.2. The Hall–Kier alpha value is -2.69. The van der Waals surface area contributed by atoms with Crippen molar-refractivity contribution in [2.24, 2.45) is 11.5 Å². The molecule has 1 aromatic carbocycles. The van der Waals surface area contributed by atoms with Crippen molar-refractivity contribution in [2.45, 2.75) is 0 Å². The number of carbonyl (C=O) groups is 2. The normalized spacial score (nSPS) is 10.0. The van der Waals surface area contributed by atoms with E-state index in [9.17, 15) is 9.59 Å². The number of primary amides is 2. The number of rotatable bonds is 3. The van der Waals surface area contributed by atoms with Crippen molar-refractivity contribution in [3.8, 4) is 11.3 Å². The van der Waals surface area contributed by atoms with Gasteiger partial charge in [0.15, 0.2) is 0 Å². The second-order valence-electron chi connectivity index (χ2n) is 3.70. The highest BCUT2D eigenvalue weighted by Crippen LogP contribution is 2.20. The maximum Gasteiger partial charge on any atom is 0.249 e. The average molecular weight is 241 g/mol. The lowest BCUT2D eigenvalue weighted by molar-refractivity contribution is 0.0967. The Morgan fingerprint density at radius 2 is 1.67 bits per heavy atom. The van der Waals surface area contributed by atoms with Gasteiger partial charge in [-0.1, -0.05) is 12.1 Å². The smallest absolute Gasteiger partial charge is 0.249 e. The Morgan fingerprint density at radius 3 is 2.22 bits per heavy atom. The van der Waals surface area contributed by atoms with Crippen LogP contribution in [0.4, 0.5) is 0 Å². The largest absolute Gasteiger partial charge is 0.366 e. The van der Waals surface area contributed by atoms with Gasteiger partial charge in [-0.3, -0.25) is 14.6 Å². The summed E-state index contributed by atoms with van der Waals surface area (Å²) in [5.74, 6) is -1.38. The second kappa shape index (κ2) is 4.67. The molecule has 1 heterocycles. The van der Waals surface area contributed by atoms with Crippen LogP contribution in [0, 0.1) is 0 Å². The van der Waals surface area contributed by atoms with Gasteiger partial charge in [-0.15, -0.1) is 0 Å². The summed E-state index contributed by atoms with van der Waals surface area (Å²) in [4.78, 5) is 26.6. The zero-order valence-electron chi connectivity index (χ0n) is 9.46. The van der Waals surface area contributed by atoms with Gasteiger partial charge in [0.2, 0.25) is 11.8 Å². The van der Waals surface area contributed by atoms with Crippen LogP contribution in [0.25, 0.3) is 11.3 Å². The molecule has 0 fully saturated rings. The standard InChI is InChI=1S/C13H11N3O2/c14-12(17)9-5-4-8(7-10(9)13(15)18)11-3-1-2-6-16-11/h1-7H,(H2,14,17)(H2,15,18). The predicted molar refractivity (Wildman–Crippen MR) is 66.7 cm³/mol. The summed E-state index contributed by atoms with van der Waals surface area (Å²) in [6.45, 7) is 0. The van der Waals surface area contributed by atoms with E-state index in [0.29, 0.717) is 11.3 Å². The number of nitrogens with two attached hydrogens (primary N) is 2. The molecule has 0 saturated carbocycles. The van der Waals surface area contributed by atoms with Crippen LogP contribution in [-0.4, -0.2) is 16.8 Å². The molecule has 0 atom stereocenters. The van der Waals surface area contributed by atoms with Crippen molar-refractivity contribution in [3.63, 3.8) is 0 Å². The van der Waals surface area contributed by atoms with Crippen LogP contribution in [-0.2, 0) is 0 Å². The summed E-state index contributed by atoms with van der Waals surface area (Å²) in [6, 6.07) is 10.1. The summed E-state index contributed by atoms with van der Waals surface area (Å²) < 4.78 is 0. The molecule has 0 aliphatic carbocycles. The summed E-state index contributed by atoms with van der Waals surface area (Å²) in [5.41, 5.74) is 12.0. The molecule has 0 unspecified atom stereocenters. The van der Waals surface area contributed by atoms with Gasteiger partial charge in [-0.25, -0.2) is 0 Å². The maximum atomic E-state index is 11.3. The van der Waals surface area contributed by atoms with E-state index in [-0.39, 0.29) is 11.1 Å². The number of pyridine rings is 1. The van der Waals surface area contributed by atoms with Crippen molar-refractivity contribution in [3.05, 3.63) is 53.7 Å². The van der Waals surface area contributed by atoms with Crippen LogP contribution in [0.2, 0.25) is 0 Å². The first-order chi connectivity index (χ1) is 8.59. The molecule has 2 amide bonds. The lowest BCUT2D eigenvalue weighted by Crippen LogP contribution is -2.20. The Kier molecular flexibility index (Phi) is 3.05. The minimum atomic E-state index is -0.693. The number of amides is 2. The zero-order valence-corrected chi connectivity index (χ0v) is 9.46. The molecule has 18 heavy (non-hydrogen) atoms. The number of aromatic nitrogens is 1. The summed E-state index contributed by atoms with van der Waals surface area (Å²) in [6.07, 6.45) is 1.64. The second-order valence-corrected chi connectivity index (χ2v) is 3.70. The van der Waals surface area contributed by atoms with Crippen LogP contribution < -0.4 is 11.5 Å².